The number of aryl methyl sites for hydroxylation is 2. The third kappa shape index (κ3) is 3.81. The summed E-state index contributed by atoms with van der Waals surface area (Å²) in [5.74, 6) is -0.508. The van der Waals surface area contributed by atoms with Crippen LogP contribution in [0.25, 0.3) is 11.3 Å². The van der Waals surface area contributed by atoms with Crippen molar-refractivity contribution in [3.8, 4) is 17.0 Å². The predicted octanol–water partition coefficient (Wildman–Crippen LogP) is 4.26. The van der Waals surface area contributed by atoms with Crippen LogP contribution in [0.2, 0.25) is 0 Å². The highest BCUT2D eigenvalue weighted by molar-refractivity contribution is 7.16. The summed E-state index contributed by atoms with van der Waals surface area (Å²) in [5.41, 5.74) is 3.08. The van der Waals surface area contributed by atoms with Crippen LogP contribution in [-0.4, -0.2) is 23.8 Å². The van der Waals surface area contributed by atoms with Gasteiger partial charge in [-0.25, -0.2) is 4.98 Å². The van der Waals surface area contributed by atoms with Gasteiger partial charge in [-0.2, -0.15) is 0 Å². The van der Waals surface area contributed by atoms with Crippen molar-refractivity contribution in [3.05, 3.63) is 64.5 Å². The van der Waals surface area contributed by atoms with Crippen LogP contribution in [0.5, 0.6) is 5.75 Å². The molecular weight excluding hydrogens is 348 g/mol. The molecule has 0 spiro atoms. The zero-order valence-electron chi connectivity index (χ0n) is 14.7. The van der Waals surface area contributed by atoms with E-state index in [-0.39, 0.29) is 0 Å². The van der Waals surface area contributed by atoms with Gasteiger partial charge in [-0.05, 0) is 38.1 Å². The zero-order valence-corrected chi connectivity index (χ0v) is 15.5. The summed E-state index contributed by atoms with van der Waals surface area (Å²) in [7, 11) is 1.61. The molecule has 1 N–H and O–H groups in total. The highest BCUT2D eigenvalue weighted by Crippen LogP contribution is 2.31. The fourth-order valence-corrected chi connectivity index (χ4v) is 3.29. The lowest BCUT2D eigenvalue weighted by Gasteiger charge is -2.02. The number of carbonyl (C=O) groups excluding carboxylic acids is 2. The van der Waals surface area contributed by atoms with E-state index in [2.05, 4.69) is 10.3 Å². The normalized spacial score (nSPS) is 10.4. The molecule has 3 aromatic rings. The van der Waals surface area contributed by atoms with Gasteiger partial charge in [-0.15, -0.1) is 11.3 Å². The molecule has 0 unspecified atom stereocenters. The molecule has 0 atom stereocenters. The van der Waals surface area contributed by atoms with Crippen LogP contribution < -0.4 is 10.1 Å². The number of hydrogen-bond acceptors (Lipinski definition) is 5. The van der Waals surface area contributed by atoms with Gasteiger partial charge in [-0.3, -0.25) is 14.9 Å². The van der Waals surface area contributed by atoms with Gasteiger partial charge >= 0.3 is 0 Å². The summed E-state index contributed by atoms with van der Waals surface area (Å²) >= 11 is 1.34. The first-order valence-electron chi connectivity index (χ1n) is 8.02. The second kappa shape index (κ2) is 7.49. The number of anilines is 1. The van der Waals surface area contributed by atoms with Crippen molar-refractivity contribution >= 4 is 28.2 Å². The average molecular weight is 366 g/mol. The Kier molecular flexibility index (Phi) is 5.14. The maximum Gasteiger partial charge on any atom is 0.298 e. The minimum absolute atomic E-state index is 0.358. The van der Waals surface area contributed by atoms with Crippen LogP contribution in [0, 0.1) is 13.8 Å². The van der Waals surface area contributed by atoms with Crippen molar-refractivity contribution in [3.63, 3.8) is 0 Å². The minimum atomic E-state index is -0.691. The average Bonchev–Trinajstić information content (AvgIpc) is 3.02. The maximum atomic E-state index is 12.2. The molecule has 0 aliphatic carbocycles. The van der Waals surface area contributed by atoms with E-state index in [4.69, 9.17) is 4.74 Å². The number of amides is 1. The van der Waals surface area contributed by atoms with E-state index in [1.807, 2.05) is 38.1 Å². The molecule has 1 amide bonds. The van der Waals surface area contributed by atoms with Crippen LogP contribution in [0.3, 0.4) is 0 Å². The van der Waals surface area contributed by atoms with Crippen LogP contribution in [-0.2, 0) is 4.79 Å². The zero-order chi connectivity index (χ0) is 18.7. The Bertz CT molecular complexity index is 944. The maximum absolute atomic E-state index is 12.2. The quantitative estimate of drug-likeness (QED) is 0.541. The Morgan fingerprint density at radius 3 is 2.27 bits per heavy atom. The number of thiazole rings is 1. The van der Waals surface area contributed by atoms with Crippen LogP contribution >= 0.6 is 11.3 Å². The summed E-state index contributed by atoms with van der Waals surface area (Å²) in [6, 6.07) is 14.4. The third-order valence-electron chi connectivity index (χ3n) is 3.90. The lowest BCUT2D eigenvalue weighted by Crippen LogP contribution is -2.22. The summed E-state index contributed by atoms with van der Waals surface area (Å²) in [4.78, 5) is 29.9. The van der Waals surface area contributed by atoms with Crippen molar-refractivity contribution in [2.24, 2.45) is 0 Å². The molecule has 0 fully saturated rings. The van der Waals surface area contributed by atoms with Gasteiger partial charge in [0.2, 0.25) is 0 Å². The third-order valence-corrected chi connectivity index (χ3v) is 4.79. The standard InChI is InChI=1S/C20H18N2O3S/c1-12-4-6-15(7-5-12)18(23)19(24)22-20-21-17(13(2)26-20)14-8-10-16(25-3)11-9-14/h4-11H,1-3H3,(H,21,22,24). The molecule has 0 saturated carbocycles. The number of methoxy groups -OCH3 is 1. The second-order valence-electron chi connectivity index (χ2n) is 5.80. The molecule has 1 heterocycles. The molecule has 0 aliphatic heterocycles. The molecule has 6 heteroatoms. The SMILES string of the molecule is COc1ccc(-c2nc(NC(=O)C(=O)c3ccc(C)cc3)sc2C)cc1. The largest absolute Gasteiger partial charge is 0.497 e. The number of Topliss-reactive ketones (excluding diaryl/α,β-unsaturated/α-hetero) is 1. The van der Waals surface area contributed by atoms with Crippen molar-refractivity contribution in [2.75, 3.05) is 12.4 Å². The molecule has 132 valence electrons. The molecule has 0 radical (unpaired) electrons. The number of benzene rings is 2. The van der Waals surface area contributed by atoms with Gasteiger partial charge in [-0.1, -0.05) is 29.8 Å². The van der Waals surface area contributed by atoms with E-state index in [9.17, 15) is 9.59 Å². The topological polar surface area (TPSA) is 68.3 Å². The van der Waals surface area contributed by atoms with Gasteiger partial charge in [0.25, 0.3) is 11.7 Å². The van der Waals surface area contributed by atoms with E-state index in [1.165, 1.54) is 11.3 Å². The van der Waals surface area contributed by atoms with Gasteiger partial charge in [0.1, 0.15) is 5.75 Å². The molecule has 3 rings (SSSR count). The van der Waals surface area contributed by atoms with E-state index in [1.54, 1.807) is 31.4 Å². The van der Waals surface area contributed by atoms with Crippen LogP contribution in [0.15, 0.2) is 48.5 Å². The Labute approximate surface area is 155 Å². The number of nitrogens with zero attached hydrogens (tertiary/aromatic N) is 1. The van der Waals surface area contributed by atoms with E-state index >= 15 is 0 Å². The van der Waals surface area contributed by atoms with Gasteiger partial charge in [0.15, 0.2) is 5.13 Å². The van der Waals surface area contributed by atoms with E-state index in [0.717, 1.165) is 27.4 Å². The van der Waals surface area contributed by atoms with Crippen molar-refractivity contribution in [1.82, 2.24) is 4.98 Å². The van der Waals surface area contributed by atoms with Gasteiger partial charge < -0.3 is 4.74 Å². The molecule has 1 aromatic heterocycles. The Hall–Kier alpha value is -2.99. The smallest absolute Gasteiger partial charge is 0.298 e. The molecule has 5 nitrogen and oxygen atoms in total. The Morgan fingerprint density at radius 1 is 1.00 bits per heavy atom. The fraction of sp³-hybridized carbons (Fsp3) is 0.150. The number of aromatic nitrogens is 1. The number of rotatable bonds is 5. The number of hydrogen-bond donors (Lipinski definition) is 1. The molecule has 2 aromatic carbocycles. The first-order valence-corrected chi connectivity index (χ1v) is 8.84. The van der Waals surface area contributed by atoms with E-state index in [0.29, 0.717) is 10.7 Å². The lowest BCUT2D eigenvalue weighted by molar-refractivity contribution is -0.112. The Balaban J connectivity index is 1.77. The Morgan fingerprint density at radius 2 is 1.65 bits per heavy atom. The van der Waals surface area contributed by atoms with E-state index < -0.39 is 11.7 Å². The first kappa shape index (κ1) is 17.8. The minimum Gasteiger partial charge on any atom is -0.497 e. The first-order chi connectivity index (χ1) is 12.5. The van der Waals surface area contributed by atoms with Crippen molar-refractivity contribution in [2.45, 2.75) is 13.8 Å². The molecule has 0 bridgehead atoms. The van der Waals surface area contributed by atoms with Crippen molar-refractivity contribution in [1.29, 1.82) is 0 Å². The molecule has 0 saturated heterocycles. The lowest BCUT2D eigenvalue weighted by atomic mass is 10.1. The molecular formula is C20H18N2O3S. The number of nitrogens with one attached hydrogen (secondary N) is 1. The highest BCUT2D eigenvalue weighted by Gasteiger charge is 2.19. The number of ketones is 1. The highest BCUT2D eigenvalue weighted by atomic mass is 32.1. The number of carbonyl (C=O) groups is 2. The van der Waals surface area contributed by atoms with Gasteiger partial charge in [0.05, 0.1) is 12.8 Å². The fourth-order valence-electron chi connectivity index (χ4n) is 2.46. The van der Waals surface area contributed by atoms with Gasteiger partial charge in [0, 0.05) is 16.0 Å². The van der Waals surface area contributed by atoms with Crippen LogP contribution in [0.4, 0.5) is 5.13 Å². The van der Waals surface area contributed by atoms with Crippen LogP contribution in [0.1, 0.15) is 20.8 Å². The summed E-state index contributed by atoms with van der Waals surface area (Å²) in [6.45, 7) is 3.85. The molecule has 26 heavy (non-hydrogen) atoms. The summed E-state index contributed by atoms with van der Waals surface area (Å²) in [5, 5.41) is 3.00. The summed E-state index contributed by atoms with van der Waals surface area (Å²) in [6.07, 6.45) is 0. The number of ether oxygens (including phenoxy) is 1. The molecule has 0 aliphatic rings. The summed E-state index contributed by atoms with van der Waals surface area (Å²) < 4.78 is 5.16. The second-order valence-corrected chi connectivity index (χ2v) is 7.00. The predicted molar refractivity (Wildman–Crippen MR) is 103 cm³/mol. The monoisotopic (exact) mass is 366 g/mol. The van der Waals surface area contributed by atoms with Crippen molar-refractivity contribution < 1.29 is 14.3 Å².